The summed E-state index contributed by atoms with van der Waals surface area (Å²) in [5, 5.41) is 12.0. The number of nitrogens with one attached hydrogen (secondary N) is 1. The Labute approximate surface area is 100 Å². The third-order valence-corrected chi connectivity index (χ3v) is 2.69. The molecule has 0 atom stereocenters. The Morgan fingerprint density at radius 1 is 1.53 bits per heavy atom. The van der Waals surface area contributed by atoms with Gasteiger partial charge < -0.3 is 5.11 Å². The standard InChI is InChI=1S/C10H8FN3O2S/c1-5-12-10(17-14-5)13-9(16)8-6(11)3-2-4-7(8)15/h2-4,15H,1H3,(H,12,13,14,16). The maximum absolute atomic E-state index is 13.4. The van der Waals surface area contributed by atoms with Crippen LogP contribution < -0.4 is 5.32 Å². The fraction of sp³-hybridized carbons (Fsp3) is 0.100. The number of aryl methyl sites for hydroxylation is 1. The van der Waals surface area contributed by atoms with Gasteiger partial charge in [-0.05, 0) is 19.1 Å². The van der Waals surface area contributed by atoms with Crippen LogP contribution in [0.1, 0.15) is 16.2 Å². The number of hydrogen-bond donors (Lipinski definition) is 2. The number of phenols is 1. The van der Waals surface area contributed by atoms with Crippen LogP contribution in [0.15, 0.2) is 18.2 Å². The minimum absolute atomic E-state index is 0.259. The number of benzene rings is 1. The molecular weight excluding hydrogens is 245 g/mol. The molecule has 88 valence electrons. The zero-order valence-corrected chi connectivity index (χ0v) is 9.58. The zero-order valence-electron chi connectivity index (χ0n) is 8.77. The molecule has 5 nitrogen and oxygen atoms in total. The highest BCUT2D eigenvalue weighted by Gasteiger charge is 2.17. The van der Waals surface area contributed by atoms with Gasteiger partial charge in [0.1, 0.15) is 23.0 Å². The lowest BCUT2D eigenvalue weighted by Crippen LogP contribution is -2.13. The Balaban J connectivity index is 2.26. The van der Waals surface area contributed by atoms with E-state index in [2.05, 4.69) is 14.7 Å². The summed E-state index contributed by atoms with van der Waals surface area (Å²) in [6.45, 7) is 1.67. The highest BCUT2D eigenvalue weighted by molar-refractivity contribution is 7.09. The van der Waals surface area contributed by atoms with Crippen molar-refractivity contribution in [3.05, 3.63) is 35.4 Å². The second-order valence-corrected chi connectivity index (χ2v) is 3.99. The molecule has 2 aromatic rings. The van der Waals surface area contributed by atoms with E-state index in [1.807, 2.05) is 0 Å². The van der Waals surface area contributed by atoms with E-state index in [0.29, 0.717) is 5.82 Å². The third kappa shape index (κ3) is 2.39. The number of phenolic OH excluding ortho intramolecular Hbond substituents is 1. The first-order valence-corrected chi connectivity index (χ1v) is 5.44. The highest BCUT2D eigenvalue weighted by atomic mass is 32.1. The van der Waals surface area contributed by atoms with Gasteiger partial charge >= 0.3 is 0 Å². The molecule has 17 heavy (non-hydrogen) atoms. The first-order chi connectivity index (χ1) is 8.08. The molecule has 0 saturated heterocycles. The van der Waals surface area contributed by atoms with Gasteiger partial charge in [-0.15, -0.1) is 0 Å². The van der Waals surface area contributed by atoms with Gasteiger partial charge in [-0.2, -0.15) is 4.37 Å². The average Bonchev–Trinajstić information content (AvgIpc) is 2.63. The molecule has 0 radical (unpaired) electrons. The van der Waals surface area contributed by atoms with Crippen LogP contribution in [-0.4, -0.2) is 20.4 Å². The van der Waals surface area contributed by atoms with Crippen LogP contribution in [0.4, 0.5) is 9.52 Å². The molecule has 0 saturated carbocycles. The van der Waals surface area contributed by atoms with E-state index < -0.39 is 23.0 Å². The topological polar surface area (TPSA) is 75.1 Å². The van der Waals surface area contributed by atoms with Crippen molar-refractivity contribution in [3.8, 4) is 5.75 Å². The molecule has 1 aromatic heterocycles. The summed E-state index contributed by atoms with van der Waals surface area (Å²) in [7, 11) is 0. The van der Waals surface area contributed by atoms with E-state index in [1.54, 1.807) is 6.92 Å². The molecule has 0 spiro atoms. The Kier molecular flexibility index (Phi) is 3.01. The van der Waals surface area contributed by atoms with Crippen LogP contribution in [-0.2, 0) is 0 Å². The van der Waals surface area contributed by atoms with Crippen LogP contribution in [0.5, 0.6) is 5.75 Å². The lowest BCUT2D eigenvalue weighted by Gasteiger charge is -2.04. The van der Waals surface area contributed by atoms with Crippen molar-refractivity contribution in [2.45, 2.75) is 6.92 Å². The van der Waals surface area contributed by atoms with Crippen LogP contribution in [0.2, 0.25) is 0 Å². The van der Waals surface area contributed by atoms with Crippen LogP contribution in [0.3, 0.4) is 0 Å². The van der Waals surface area contributed by atoms with Gasteiger partial charge in [-0.25, -0.2) is 9.37 Å². The van der Waals surface area contributed by atoms with Crippen LogP contribution in [0, 0.1) is 12.7 Å². The quantitative estimate of drug-likeness (QED) is 0.857. The van der Waals surface area contributed by atoms with E-state index in [1.165, 1.54) is 12.1 Å². The molecule has 7 heteroatoms. The SMILES string of the molecule is Cc1nsc(NC(=O)c2c(O)cccc2F)n1. The van der Waals surface area contributed by atoms with Crippen LogP contribution >= 0.6 is 11.5 Å². The van der Waals surface area contributed by atoms with Gasteiger partial charge in [0.2, 0.25) is 5.13 Å². The number of hydrogen-bond acceptors (Lipinski definition) is 5. The largest absolute Gasteiger partial charge is 0.507 e. The predicted octanol–water partition coefficient (Wildman–Crippen LogP) is 1.94. The van der Waals surface area contributed by atoms with Crippen molar-refractivity contribution in [1.82, 2.24) is 9.36 Å². The maximum atomic E-state index is 13.4. The molecule has 1 amide bonds. The van der Waals surface area contributed by atoms with Gasteiger partial charge in [-0.1, -0.05) is 6.07 Å². The molecule has 0 unspecified atom stereocenters. The molecule has 0 bridgehead atoms. The number of rotatable bonds is 2. The number of carbonyl (C=O) groups excluding carboxylic acids is 1. The Morgan fingerprint density at radius 2 is 2.29 bits per heavy atom. The van der Waals surface area contributed by atoms with Gasteiger partial charge in [-0.3, -0.25) is 10.1 Å². The molecular formula is C10H8FN3O2S. The van der Waals surface area contributed by atoms with E-state index in [9.17, 15) is 14.3 Å². The fourth-order valence-electron chi connectivity index (χ4n) is 1.24. The molecule has 2 rings (SSSR count). The summed E-state index contributed by atoms with van der Waals surface area (Å²) < 4.78 is 17.2. The summed E-state index contributed by atoms with van der Waals surface area (Å²) in [5.41, 5.74) is -0.402. The number of halogens is 1. The molecule has 0 aliphatic heterocycles. The molecule has 1 aromatic carbocycles. The lowest BCUT2D eigenvalue weighted by atomic mass is 10.2. The van der Waals surface area contributed by atoms with Crippen molar-refractivity contribution in [2.75, 3.05) is 5.32 Å². The van der Waals surface area contributed by atoms with Crippen molar-refractivity contribution in [1.29, 1.82) is 0 Å². The van der Waals surface area contributed by atoms with E-state index in [4.69, 9.17) is 0 Å². The van der Waals surface area contributed by atoms with E-state index in [0.717, 1.165) is 17.6 Å². The number of carbonyl (C=O) groups is 1. The van der Waals surface area contributed by atoms with Crippen molar-refractivity contribution >= 4 is 22.6 Å². The van der Waals surface area contributed by atoms with E-state index in [-0.39, 0.29) is 5.13 Å². The Bertz CT molecular complexity index is 550. The number of aromatic hydroxyl groups is 1. The number of anilines is 1. The first-order valence-electron chi connectivity index (χ1n) is 4.67. The second kappa shape index (κ2) is 4.46. The normalized spacial score (nSPS) is 10.2. The monoisotopic (exact) mass is 253 g/mol. The van der Waals surface area contributed by atoms with Gasteiger partial charge in [0.15, 0.2) is 0 Å². The van der Waals surface area contributed by atoms with Crippen LogP contribution in [0.25, 0.3) is 0 Å². The van der Waals surface area contributed by atoms with Crippen molar-refractivity contribution in [2.24, 2.45) is 0 Å². The summed E-state index contributed by atoms with van der Waals surface area (Å²) in [6, 6.07) is 3.65. The summed E-state index contributed by atoms with van der Waals surface area (Å²) >= 11 is 0.987. The third-order valence-electron chi connectivity index (χ3n) is 1.97. The molecule has 0 fully saturated rings. The second-order valence-electron chi connectivity index (χ2n) is 3.23. The lowest BCUT2D eigenvalue weighted by molar-refractivity contribution is 0.102. The Morgan fingerprint density at radius 3 is 2.88 bits per heavy atom. The summed E-state index contributed by atoms with van der Waals surface area (Å²) in [4.78, 5) is 15.6. The summed E-state index contributed by atoms with van der Waals surface area (Å²) in [6.07, 6.45) is 0. The van der Waals surface area contributed by atoms with Crippen molar-refractivity contribution < 1.29 is 14.3 Å². The molecule has 1 heterocycles. The molecule has 0 aliphatic carbocycles. The fourth-order valence-corrected chi connectivity index (χ4v) is 1.82. The number of nitrogens with zero attached hydrogens (tertiary/aromatic N) is 2. The summed E-state index contributed by atoms with van der Waals surface area (Å²) in [5.74, 6) is -1.44. The Hall–Kier alpha value is -2.02. The van der Waals surface area contributed by atoms with E-state index >= 15 is 0 Å². The minimum Gasteiger partial charge on any atom is -0.507 e. The van der Waals surface area contributed by atoms with Gasteiger partial charge in [0.25, 0.3) is 5.91 Å². The van der Waals surface area contributed by atoms with Gasteiger partial charge in [0, 0.05) is 11.5 Å². The number of aromatic nitrogens is 2. The molecule has 0 aliphatic rings. The predicted molar refractivity (Wildman–Crippen MR) is 60.7 cm³/mol. The smallest absolute Gasteiger partial charge is 0.264 e. The molecule has 2 N–H and O–H groups in total. The first kappa shape index (κ1) is 11.5. The zero-order chi connectivity index (χ0) is 12.4. The minimum atomic E-state index is -0.788. The maximum Gasteiger partial charge on any atom is 0.264 e. The van der Waals surface area contributed by atoms with Gasteiger partial charge in [0.05, 0.1) is 0 Å². The highest BCUT2D eigenvalue weighted by Crippen LogP contribution is 2.21. The van der Waals surface area contributed by atoms with Crippen molar-refractivity contribution in [3.63, 3.8) is 0 Å². The number of amides is 1. The average molecular weight is 253 g/mol.